The Morgan fingerprint density at radius 1 is 0.581 bits per heavy atom. The Balaban J connectivity index is 0.000000219. The maximum absolute atomic E-state index is 11.5. The standard InChI is InChI=1S/C23H21NO4.C17H17IO3.C8H10BNO3/c1-16(25)24-21-7-3-6-20(14-21)19-8-10-22(11-9-19)28-15-18-5-2-4-17(12-18)13-23(26)27;1-2-20-17(19)11-13-4-3-5-14(10-13)12-21-16-8-6-15(18)7-9-16;1-6(11)10-8-4-2-3-7(5-8)9(12)13/h2-12,14H,13,15H2,1H3,(H,24,25)(H,26,27);3-10H,2,11-12H2,1H3;2-5,12-13H,1H3,(H,10,11). The van der Waals surface area contributed by atoms with Gasteiger partial charge in [-0.1, -0.05) is 84.9 Å². The van der Waals surface area contributed by atoms with Gasteiger partial charge in [-0.15, -0.1) is 0 Å². The normalized spacial score (nSPS) is 10.1. The highest BCUT2D eigenvalue weighted by atomic mass is 127. The number of hydrogen-bond donors (Lipinski definition) is 5. The molecule has 320 valence electrons. The van der Waals surface area contributed by atoms with Gasteiger partial charge in [0.1, 0.15) is 24.7 Å². The largest absolute Gasteiger partial charge is 0.489 e. The molecule has 0 aromatic heterocycles. The van der Waals surface area contributed by atoms with Crippen molar-refractivity contribution in [3.8, 4) is 22.6 Å². The van der Waals surface area contributed by atoms with Crippen LogP contribution in [0.15, 0.2) is 146 Å². The zero-order valence-electron chi connectivity index (χ0n) is 34.5. The lowest BCUT2D eigenvalue weighted by Gasteiger charge is -2.09. The lowest BCUT2D eigenvalue weighted by atomic mass is 9.80. The number of nitrogens with one attached hydrogen (secondary N) is 2. The van der Waals surface area contributed by atoms with Crippen molar-refractivity contribution in [2.75, 3.05) is 17.2 Å². The summed E-state index contributed by atoms with van der Waals surface area (Å²) in [5.74, 6) is 0.221. The predicted molar refractivity (Wildman–Crippen MR) is 249 cm³/mol. The van der Waals surface area contributed by atoms with E-state index in [0.717, 1.165) is 50.6 Å². The highest BCUT2D eigenvalue weighted by Crippen LogP contribution is 2.25. The molecule has 0 aliphatic carbocycles. The SMILES string of the molecule is CC(=O)Nc1cccc(-c2ccc(OCc3cccc(CC(=O)O)c3)cc2)c1.CC(=O)Nc1cccc(B(O)O)c1.CCOC(=O)Cc1cccc(COc2ccc(I)cc2)c1. The van der Waals surface area contributed by atoms with E-state index in [1.54, 1.807) is 24.3 Å². The third kappa shape index (κ3) is 18.0. The molecule has 0 bridgehead atoms. The number of benzene rings is 6. The summed E-state index contributed by atoms with van der Waals surface area (Å²) in [5, 5.41) is 31.9. The van der Waals surface area contributed by atoms with Crippen LogP contribution >= 0.6 is 22.6 Å². The maximum Gasteiger partial charge on any atom is 0.488 e. The zero-order chi connectivity index (χ0) is 44.9. The van der Waals surface area contributed by atoms with E-state index in [4.69, 9.17) is 29.4 Å². The van der Waals surface area contributed by atoms with Crippen molar-refractivity contribution in [1.82, 2.24) is 0 Å². The van der Waals surface area contributed by atoms with E-state index in [-0.39, 0.29) is 24.2 Å². The van der Waals surface area contributed by atoms with Crippen LogP contribution in [0.3, 0.4) is 0 Å². The van der Waals surface area contributed by atoms with Crippen molar-refractivity contribution in [2.24, 2.45) is 0 Å². The number of hydrogen-bond acceptors (Lipinski definition) is 9. The van der Waals surface area contributed by atoms with Crippen LogP contribution in [-0.4, -0.2) is 52.6 Å². The molecule has 12 nitrogen and oxygen atoms in total. The van der Waals surface area contributed by atoms with Gasteiger partial charge in [-0.3, -0.25) is 19.2 Å². The van der Waals surface area contributed by atoms with Crippen LogP contribution < -0.4 is 25.6 Å². The number of esters is 1. The molecule has 0 heterocycles. The number of halogens is 1. The van der Waals surface area contributed by atoms with Gasteiger partial charge in [-0.2, -0.15) is 0 Å². The smallest absolute Gasteiger partial charge is 0.488 e. The predicted octanol–water partition coefficient (Wildman–Crippen LogP) is 7.82. The topological polar surface area (TPSA) is 181 Å². The number of ether oxygens (including phenoxy) is 3. The third-order valence-corrected chi connectivity index (χ3v) is 9.21. The number of amides is 2. The van der Waals surface area contributed by atoms with Crippen molar-refractivity contribution in [3.05, 3.63) is 171 Å². The molecule has 14 heteroatoms. The van der Waals surface area contributed by atoms with E-state index in [1.165, 1.54) is 23.5 Å². The first-order chi connectivity index (χ1) is 29.8. The minimum Gasteiger partial charge on any atom is -0.489 e. The minimum atomic E-state index is -1.51. The van der Waals surface area contributed by atoms with Crippen molar-refractivity contribution in [2.45, 2.75) is 46.8 Å². The number of carboxylic acids is 1. The Morgan fingerprint density at radius 2 is 1.06 bits per heavy atom. The van der Waals surface area contributed by atoms with E-state index in [2.05, 4.69) is 33.2 Å². The highest BCUT2D eigenvalue weighted by Gasteiger charge is 2.11. The van der Waals surface area contributed by atoms with Gasteiger partial charge < -0.3 is 40.0 Å². The van der Waals surface area contributed by atoms with Gasteiger partial charge in [0.15, 0.2) is 0 Å². The molecule has 0 unspecified atom stereocenters. The second-order valence-corrected chi connectivity index (χ2v) is 14.9. The fourth-order valence-electron chi connectivity index (χ4n) is 5.78. The summed E-state index contributed by atoms with van der Waals surface area (Å²) < 4.78 is 17.7. The Morgan fingerprint density at radius 3 is 1.58 bits per heavy atom. The third-order valence-electron chi connectivity index (χ3n) is 8.49. The molecule has 6 rings (SSSR count). The van der Waals surface area contributed by atoms with Crippen LogP contribution in [0, 0.1) is 3.57 Å². The first-order valence-electron chi connectivity index (χ1n) is 19.5. The van der Waals surface area contributed by atoms with Gasteiger partial charge in [0.2, 0.25) is 11.8 Å². The molecule has 0 atom stereocenters. The lowest BCUT2D eigenvalue weighted by Crippen LogP contribution is -2.29. The average Bonchev–Trinajstić information content (AvgIpc) is 3.23. The number of aliphatic carboxylic acids is 1. The Hall–Kier alpha value is -6.49. The molecule has 0 spiro atoms. The van der Waals surface area contributed by atoms with E-state index < -0.39 is 13.1 Å². The average molecular weight is 951 g/mol. The van der Waals surface area contributed by atoms with Gasteiger partial charge >= 0.3 is 19.1 Å². The molecule has 0 radical (unpaired) electrons. The van der Waals surface area contributed by atoms with Crippen LogP contribution in [-0.2, 0) is 50.0 Å². The minimum absolute atomic E-state index is 0.0000856. The zero-order valence-corrected chi connectivity index (χ0v) is 36.7. The van der Waals surface area contributed by atoms with Gasteiger partial charge in [-0.05, 0) is 129 Å². The molecule has 0 saturated heterocycles. The summed E-state index contributed by atoms with van der Waals surface area (Å²) in [6.45, 7) is 5.94. The molecule has 0 aliphatic rings. The quantitative estimate of drug-likeness (QED) is 0.0387. The van der Waals surface area contributed by atoms with Gasteiger partial charge in [0.25, 0.3) is 0 Å². The second kappa shape index (κ2) is 25.3. The van der Waals surface area contributed by atoms with Crippen LogP contribution in [0.4, 0.5) is 11.4 Å². The molecular weight excluding hydrogens is 902 g/mol. The molecule has 6 aromatic rings. The molecule has 5 N–H and O–H groups in total. The van der Waals surface area contributed by atoms with Crippen LogP contribution in [0.5, 0.6) is 11.5 Å². The molecule has 0 aliphatic heterocycles. The van der Waals surface area contributed by atoms with Gasteiger partial charge in [0, 0.05) is 28.8 Å². The summed E-state index contributed by atoms with van der Waals surface area (Å²) in [7, 11) is -1.51. The van der Waals surface area contributed by atoms with Crippen molar-refractivity contribution in [3.63, 3.8) is 0 Å². The highest BCUT2D eigenvalue weighted by molar-refractivity contribution is 14.1. The first-order valence-corrected chi connectivity index (χ1v) is 20.6. The summed E-state index contributed by atoms with van der Waals surface area (Å²) in [4.78, 5) is 44.2. The number of anilines is 2. The Labute approximate surface area is 375 Å². The van der Waals surface area contributed by atoms with Crippen LogP contribution in [0.1, 0.15) is 43.0 Å². The number of carbonyl (C=O) groups is 4. The second-order valence-electron chi connectivity index (χ2n) is 13.7. The summed E-state index contributed by atoms with van der Waals surface area (Å²) in [6, 6.07) is 44.8. The van der Waals surface area contributed by atoms with Crippen molar-refractivity contribution >= 4 is 70.3 Å². The molecule has 2 amide bonds. The van der Waals surface area contributed by atoms with Crippen LogP contribution in [0.25, 0.3) is 11.1 Å². The maximum atomic E-state index is 11.5. The fourth-order valence-corrected chi connectivity index (χ4v) is 6.14. The van der Waals surface area contributed by atoms with Crippen molar-refractivity contribution < 1.29 is 48.5 Å². The summed E-state index contributed by atoms with van der Waals surface area (Å²) in [6.07, 6.45) is 0.297. The molecule has 6 aromatic carbocycles. The molecular formula is C48H48BIN2O10. The van der Waals surface area contributed by atoms with E-state index in [0.29, 0.717) is 37.4 Å². The lowest BCUT2D eigenvalue weighted by molar-refractivity contribution is -0.142. The van der Waals surface area contributed by atoms with E-state index >= 15 is 0 Å². The summed E-state index contributed by atoms with van der Waals surface area (Å²) in [5.41, 5.74) is 7.33. The summed E-state index contributed by atoms with van der Waals surface area (Å²) >= 11 is 2.26. The van der Waals surface area contributed by atoms with Crippen molar-refractivity contribution in [1.29, 1.82) is 0 Å². The molecule has 0 fully saturated rings. The van der Waals surface area contributed by atoms with E-state index in [9.17, 15) is 19.2 Å². The molecule has 0 saturated carbocycles. The van der Waals surface area contributed by atoms with Crippen LogP contribution in [0.2, 0.25) is 0 Å². The number of carboxylic acid groups (broad SMARTS) is 1. The first kappa shape index (κ1) is 48.2. The Kier molecular flexibility index (Phi) is 19.7. The fraction of sp³-hybridized carbons (Fsp3) is 0.167. The monoisotopic (exact) mass is 950 g/mol. The molecule has 62 heavy (non-hydrogen) atoms. The number of carbonyl (C=O) groups excluding carboxylic acids is 3. The van der Waals surface area contributed by atoms with E-state index in [1.807, 2.05) is 122 Å². The van der Waals surface area contributed by atoms with Gasteiger partial charge in [0.05, 0.1) is 19.4 Å². The number of rotatable bonds is 15. The Bertz CT molecular complexity index is 2390. The van der Waals surface area contributed by atoms with Gasteiger partial charge in [-0.25, -0.2) is 0 Å².